The second-order valence-electron chi connectivity index (χ2n) is 4.27. The zero-order chi connectivity index (χ0) is 10.9. The molecule has 0 aliphatic carbocycles. The summed E-state index contributed by atoms with van der Waals surface area (Å²) in [6.45, 7) is 7.38. The SMILES string of the molecule is CC1=C(N(C)C(=O)OC(C)(C)C)C=N1. The number of carbonyl (C=O) groups is 1. The molecule has 4 nitrogen and oxygen atoms in total. The molecule has 0 saturated heterocycles. The van der Waals surface area contributed by atoms with Gasteiger partial charge in [0, 0.05) is 7.05 Å². The molecule has 0 aromatic rings. The summed E-state index contributed by atoms with van der Waals surface area (Å²) < 4.78 is 5.20. The molecule has 1 aliphatic rings. The van der Waals surface area contributed by atoms with Crippen molar-refractivity contribution in [1.82, 2.24) is 4.90 Å². The summed E-state index contributed by atoms with van der Waals surface area (Å²) in [4.78, 5) is 17.0. The molecule has 1 aliphatic heterocycles. The molecule has 0 spiro atoms. The molecule has 0 N–H and O–H groups in total. The van der Waals surface area contributed by atoms with Crippen molar-refractivity contribution >= 4 is 12.3 Å². The lowest BCUT2D eigenvalue weighted by molar-refractivity contribution is 0.0360. The van der Waals surface area contributed by atoms with E-state index in [-0.39, 0.29) is 6.09 Å². The fourth-order valence-corrected chi connectivity index (χ4v) is 1.01. The number of hydrogen-bond donors (Lipinski definition) is 0. The molecule has 0 aromatic heterocycles. The number of carbonyl (C=O) groups excluding carboxylic acids is 1. The molecule has 0 fully saturated rings. The highest BCUT2D eigenvalue weighted by atomic mass is 16.6. The Labute approximate surface area is 84.3 Å². The molecule has 0 bridgehead atoms. The summed E-state index contributed by atoms with van der Waals surface area (Å²) in [5, 5.41) is 0. The summed E-state index contributed by atoms with van der Waals surface area (Å²) in [7, 11) is 1.68. The average Bonchev–Trinajstić information content (AvgIpc) is 1.98. The molecule has 1 amide bonds. The summed E-state index contributed by atoms with van der Waals surface area (Å²) in [5.41, 5.74) is 1.22. The number of rotatable bonds is 1. The van der Waals surface area contributed by atoms with Gasteiger partial charge in [-0.2, -0.15) is 0 Å². The van der Waals surface area contributed by atoms with E-state index < -0.39 is 5.60 Å². The smallest absolute Gasteiger partial charge is 0.414 e. The molecule has 1 rings (SSSR count). The van der Waals surface area contributed by atoms with E-state index in [0.29, 0.717) is 0 Å². The highest BCUT2D eigenvalue weighted by molar-refractivity contribution is 5.90. The Morgan fingerprint density at radius 3 is 2.36 bits per heavy atom. The summed E-state index contributed by atoms with van der Waals surface area (Å²) in [6.07, 6.45) is 1.30. The molecule has 0 radical (unpaired) electrons. The number of allylic oxidation sites excluding steroid dienone is 2. The predicted molar refractivity (Wildman–Crippen MR) is 55.2 cm³/mol. The van der Waals surface area contributed by atoms with Crippen LogP contribution in [0.25, 0.3) is 0 Å². The standard InChI is InChI=1S/C10H16N2O2/c1-7-8(6-11-7)12(5)9(13)14-10(2,3)4/h6H,1-5H3. The number of aliphatic imine (C=N–C) groups is 1. The van der Waals surface area contributed by atoms with Crippen LogP contribution in [0.1, 0.15) is 27.7 Å². The molecule has 0 unspecified atom stereocenters. The highest BCUT2D eigenvalue weighted by Crippen LogP contribution is 2.18. The molecule has 0 aromatic carbocycles. The maximum Gasteiger partial charge on any atom is 0.414 e. The van der Waals surface area contributed by atoms with E-state index in [4.69, 9.17) is 4.74 Å². The molecule has 0 atom stereocenters. The molecule has 1 heterocycles. The molecule has 0 saturated carbocycles. The van der Waals surface area contributed by atoms with Gasteiger partial charge in [-0.25, -0.2) is 4.79 Å². The van der Waals surface area contributed by atoms with Crippen LogP contribution in [0.3, 0.4) is 0 Å². The first-order chi connectivity index (χ1) is 6.31. The first-order valence-corrected chi connectivity index (χ1v) is 4.53. The van der Waals surface area contributed by atoms with E-state index in [1.165, 1.54) is 4.90 Å². The van der Waals surface area contributed by atoms with Crippen molar-refractivity contribution in [3.8, 4) is 0 Å². The van der Waals surface area contributed by atoms with Crippen LogP contribution in [0.4, 0.5) is 4.79 Å². The lowest BCUT2D eigenvalue weighted by atomic mass is 10.2. The van der Waals surface area contributed by atoms with Crippen LogP contribution < -0.4 is 0 Å². The van der Waals surface area contributed by atoms with Crippen LogP contribution in [0.15, 0.2) is 16.4 Å². The Morgan fingerprint density at radius 1 is 1.50 bits per heavy atom. The maximum atomic E-state index is 11.5. The van der Waals surface area contributed by atoms with Crippen LogP contribution in [0.5, 0.6) is 0 Å². The van der Waals surface area contributed by atoms with Gasteiger partial charge >= 0.3 is 6.09 Å². The maximum absolute atomic E-state index is 11.5. The lowest BCUT2D eigenvalue weighted by Crippen LogP contribution is -2.35. The number of ether oxygens (including phenoxy) is 1. The van der Waals surface area contributed by atoms with Crippen molar-refractivity contribution in [2.45, 2.75) is 33.3 Å². The lowest BCUT2D eigenvalue weighted by Gasteiger charge is -2.27. The Kier molecular flexibility index (Phi) is 2.64. The summed E-state index contributed by atoms with van der Waals surface area (Å²) >= 11 is 0. The number of amides is 1. The zero-order valence-corrected chi connectivity index (χ0v) is 9.29. The van der Waals surface area contributed by atoms with Crippen molar-refractivity contribution in [1.29, 1.82) is 0 Å². The molecule has 14 heavy (non-hydrogen) atoms. The normalized spacial score (nSPS) is 15.2. The van der Waals surface area contributed by atoms with Crippen LogP contribution >= 0.6 is 0 Å². The van der Waals surface area contributed by atoms with E-state index in [9.17, 15) is 4.79 Å². The largest absolute Gasteiger partial charge is 0.443 e. The van der Waals surface area contributed by atoms with Gasteiger partial charge in [-0.15, -0.1) is 0 Å². The van der Waals surface area contributed by atoms with Crippen LogP contribution in [-0.4, -0.2) is 29.9 Å². The van der Waals surface area contributed by atoms with Crippen molar-refractivity contribution in [3.05, 3.63) is 11.4 Å². The van der Waals surface area contributed by atoms with Gasteiger partial charge in [-0.1, -0.05) is 0 Å². The molecule has 78 valence electrons. The highest BCUT2D eigenvalue weighted by Gasteiger charge is 2.24. The van der Waals surface area contributed by atoms with Gasteiger partial charge in [-0.3, -0.25) is 9.89 Å². The first-order valence-electron chi connectivity index (χ1n) is 4.53. The summed E-state index contributed by atoms with van der Waals surface area (Å²) in [6, 6.07) is 0. The van der Waals surface area contributed by atoms with Crippen LogP contribution in [0.2, 0.25) is 0 Å². The van der Waals surface area contributed by atoms with Gasteiger partial charge in [-0.05, 0) is 27.7 Å². The van der Waals surface area contributed by atoms with Gasteiger partial charge in [0.15, 0.2) is 0 Å². The zero-order valence-electron chi connectivity index (χ0n) is 9.29. The van der Waals surface area contributed by atoms with Crippen molar-refractivity contribution in [2.75, 3.05) is 7.05 Å². The van der Waals surface area contributed by atoms with Gasteiger partial charge in [0.1, 0.15) is 5.60 Å². The van der Waals surface area contributed by atoms with Gasteiger partial charge < -0.3 is 4.74 Å². The Morgan fingerprint density at radius 2 is 2.07 bits per heavy atom. The van der Waals surface area contributed by atoms with E-state index in [1.54, 1.807) is 13.3 Å². The molecular formula is C10H16N2O2. The monoisotopic (exact) mass is 196 g/mol. The van der Waals surface area contributed by atoms with E-state index in [2.05, 4.69) is 4.99 Å². The third-order valence-corrected chi connectivity index (χ3v) is 1.78. The minimum absolute atomic E-state index is 0.349. The van der Waals surface area contributed by atoms with Gasteiger partial charge in [0.2, 0.25) is 0 Å². The third kappa shape index (κ3) is 2.34. The molecule has 4 heteroatoms. The minimum Gasteiger partial charge on any atom is -0.443 e. The fourth-order valence-electron chi connectivity index (χ4n) is 1.01. The Balaban J connectivity index is 2.58. The Hall–Kier alpha value is -1.32. The minimum atomic E-state index is -0.458. The van der Waals surface area contributed by atoms with E-state index in [0.717, 1.165) is 11.4 Å². The van der Waals surface area contributed by atoms with Crippen LogP contribution in [-0.2, 0) is 4.74 Å². The van der Waals surface area contributed by atoms with Gasteiger partial charge in [0.05, 0.1) is 17.6 Å². The quantitative estimate of drug-likeness (QED) is 0.645. The predicted octanol–water partition coefficient (Wildman–Crippen LogP) is 2.17. The second kappa shape index (κ2) is 3.44. The van der Waals surface area contributed by atoms with Crippen molar-refractivity contribution in [2.24, 2.45) is 4.99 Å². The summed E-state index contributed by atoms with van der Waals surface area (Å²) in [5.74, 6) is 0. The van der Waals surface area contributed by atoms with Crippen LogP contribution in [0, 0.1) is 0 Å². The Bertz CT molecular complexity index is 311. The second-order valence-corrected chi connectivity index (χ2v) is 4.27. The molecular weight excluding hydrogens is 180 g/mol. The topological polar surface area (TPSA) is 41.9 Å². The average molecular weight is 196 g/mol. The fraction of sp³-hybridized carbons (Fsp3) is 0.600. The van der Waals surface area contributed by atoms with Crippen molar-refractivity contribution < 1.29 is 9.53 Å². The number of nitrogens with zero attached hydrogens (tertiary/aromatic N) is 2. The number of hydrogen-bond acceptors (Lipinski definition) is 3. The van der Waals surface area contributed by atoms with Gasteiger partial charge in [0.25, 0.3) is 0 Å². The van der Waals surface area contributed by atoms with E-state index in [1.807, 2.05) is 27.7 Å². The van der Waals surface area contributed by atoms with Crippen molar-refractivity contribution in [3.63, 3.8) is 0 Å². The first kappa shape index (κ1) is 10.8. The third-order valence-electron chi connectivity index (χ3n) is 1.78. The van der Waals surface area contributed by atoms with E-state index >= 15 is 0 Å².